The van der Waals surface area contributed by atoms with E-state index < -0.39 is 0 Å². The van der Waals surface area contributed by atoms with E-state index in [1.807, 2.05) is 36.1 Å². The van der Waals surface area contributed by atoms with Crippen LogP contribution in [0.2, 0.25) is 0 Å². The number of rotatable bonds is 4. The fraction of sp³-hybridized carbons (Fsp3) is 0.273. The first-order valence-corrected chi connectivity index (χ1v) is 10.1. The number of nitrogens with zero attached hydrogens (tertiary/aromatic N) is 2. The van der Waals surface area contributed by atoms with Crippen molar-refractivity contribution in [2.24, 2.45) is 0 Å². The summed E-state index contributed by atoms with van der Waals surface area (Å²) in [5.74, 6) is 0.538. The molecule has 1 fully saturated rings. The van der Waals surface area contributed by atoms with Gasteiger partial charge in [0.25, 0.3) is 5.91 Å². The Balaban J connectivity index is 1.60. The number of carbonyl (C=O) groups is 1. The minimum atomic E-state index is -0.285. The Bertz CT molecular complexity index is 983. The fourth-order valence-electron chi connectivity index (χ4n) is 3.62. The second-order valence-corrected chi connectivity index (χ2v) is 7.87. The largest absolute Gasteiger partial charge is 0.497 e. The van der Waals surface area contributed by atoms with Gasteiger partial charge in [-0.05, 0) is 61.7 Å². The molecule has 28 heavy (non-hydrogen) atoms. The average molecular weight is 396 g/mol. The lowest BCUT2D eigenvalue weighted by molar-refractivity contribution is 0.0739. The summed E-state index contributed by atoms with van der Waals surface area (Å²) < 4.78 is 18.4. The van der Waals surface area contributed by atoms with Crippen molar-refractivity contribution >= 4 is 17.2 Å². The molecule has 0 radical (unpaired) electrons. The van der Waals surface area contributed by atoms with Crippen LogP contribution >= 0.6 is 11.3 Å². The Morgan fingerprint density at radius 3 is 2.57 bits per heavy atom. The van der Waals surface area contributed by atoms with E-state index in [-0.39, 0.29) is 17.8 Å². The molecule has 0 bridgehead atoms. The average Bonchev–Trinajstić information content (AvgIpc) is 3.35. The number of ether oxygens (including phenoxy) is 1. The van der Waals surface area contributed by atoms with Gasteiger partial charge < -0.3 is 9.64 Å². The lowest BCUT2D eigenvalue weighted by Crippen LogP contribution is -2.30. The number of hydrogen-bond donors (Lipinski definition) is 0. The molecule has 2 heterocycles. The van der Waals surface area contributed by atoms with Gasteiger partial charge in [-0.25, -0.2) is 9.37 Å². The molecule has 1 aromatic heterocycles. The van der Waals surface area contributed by atoms with Crippen molar-refractivity contribution in [1.29, 1.82) is 0 Å². The second kappa shape index (κ2) is 7.72. The van der Waals surface area contributed by atoms with E-state index in [1.165, 1.54) is 23.5 Å². The van der Waals surface area contributed by atoms with Gasteiger partial charge in [0.05, 0.1) is 18.8 Å². The number of amides is 1. The summed E-state index contributed by atoms with van der Waals surface area (Å²) >= 11 is 1.37. The molecule has 1 unspecified atom stereocenters. The van der Waals surface area contributed by atoms with Crippen LogP contribution in [0.15, 0.2) is 48.5 Å². The summed E-state index contributed by atoms with van der Waals surface area (Å²) in [6.45, 7) is 2.59. The summed E-state index contributed by atoms with van der Waals surface area (Å²) in [6, 6.07) is 14.2. The van der Waals surface area contributed by atoms with Crippen LogP contribution < -0.4 is 4.74 Å². The number of aromatic nitrogens is 1. The first kappa shape index (κ1) is 18.6. The lowest BCUT2D eigenvalue weighted by Gasteiger charge is -2.25. The van der Waals surface area contributed by atoms with Crippen LogP contribution in [0.4, 0.5) is 4.39 Å². The molecule has 1 amide bonds. The molecule has 1 atom stereocenters. The van der Waals surface area contributed by atoms with Gasteiger partial charge in [0.2, 0.25) is 0 Å². The summed E-state index contributed by atoms with van der Waals surface area (Å²) in [4.78, 5) is 20.4. The van der Waals surface area contributed by atoms with Crippen LogP contribution in [-0.4, -0.2) is 29.4 Å². The van der Waals surface area contributed by atoms with Crippen molar-refractivity contribution in [3.8, 4) is 16.3 Å². The number of hydrogen-bond acceptors (Lipinski definition) is 4. The maximum Gasteiger partial charge on any atom is 0.266 e. The Morgan fingerprint density at radius 1 is 1.18 bits per heavy atom. The molecule has 0 saturated carbocycles. The zero-order valence-corrected chi connectivity index (χ0v) is 16.6. The van der Waals surface area contributed by atoms with E-state index in [0.29, 0.717) is 4.88 Å². The maximum absolute atomic E-state index is 13.3. The molecule has 2 aromatic carbocycles. The van der Waals surface area contributed by atoms with E-state index >= 15 is 0 Å². The summed E-state index contributed by atoms with van der Waals surface area (Å²) in [5.41, 5.74) is 2.66. The third-order valence-electron chi connectivity index (χ3n) is 5.10. The van der Waals surface area contributed by atoms with Gasteiger partial charge in [-0.2, -0.15) is 0 Å². The molecular formula is C22H21FN2O2S. The number of thiazole rings is 1. The van der Waals surface area contributed by atoms with E-state index in [4.69, 9.17) is 4.74 Å². The molecule has 4 rings (SSSR count). The highest BCUT2D eigenvalue weighted by Crippen LogP contribution is 2.36. The van der Waals surface area contributed by atoms with Gasteiger partial charge in [-0.15, -0.1) is 11.3 Å². The second-order valence-electron chi connectivity index (χ2n) is 6.87. The molecule has 0 spiro atoms. The zero-order chi connectivity index (χ0) is 19.7. The van der Waals surface area contributed by atoms with Crippen LogP contribution in [0.25, 0.3) is 10.6 Å². The molecule has 0 N–H and O–H groups in total. The molecule has 144 valence electrons. The van der Waals surface area contributed by atoms with Gasteiger partial charge in [0.15, 0.2) is 0 Å². The zero-order valence-electron chi connectivity index (χ0n) is 15.8. The Morgan fingerprint density at radius 2 is 1.89 bits per heavy atom. The Labute approximate surface area is 167 Å². The van der Waals surface area contributed by atoms with Crippen molar-refractivity contribution in [2.75, 3.05) is 13.7 Å². The van der Waals surface area contributed by atoms with Crippen molar-refractivity contribution in [1.82, 2.24) is 9.88 Å². The number of benzene rings is 2. The molecule has 4 nitrogen and oxygen atoms in total. The molecule has 1 aliphatic rings. The smallest absolute Gasteiger partial charge is 0.266 e. The SMILES string of the molecule is COc1ccc(C2CCCN2C(=O)c2sc(-c3ccc(F)cc3)nc2C)cc1. The van der Waals surface area contributed by atoms with Crippen LogP contribution in [0.5, 0.6) is 5.75 Å². The predicted molar refractivity (Wildman–Crippen MR) is 108 cm³/mol. The standard InChI is InChI=1S/C22H21FN2O2S/c1-14-20(28-21(24-14)16-5-9-17(23)10-6-16)22(26)25-13-3-4-19(25)15-7-11-18(27-2)12-8-15/h5-12,19H,3-4,13H2,1-2H3. The van der Waals surface area contributed by atoms with Crippen molar-refractivity contribution < 1.29 is 13.9 Å². The van der Waals surface area contributed by atoms with Crippen LogP contribution in [0.1, 0.15) is 39.8 Å². The minimum Gasteiger partial charge on any atom is -0.497 e. The topological polar surface area (TPSA) is 42.4 Å². The monoisotopic (exact) mass is 396 g/mol. The molecular weight excluding hydrogens is 375 g/mol. The summed E-state index contributed by atoms with van der Waals surface area (Å²) in [7, 11) is 1.64. The normalized spacial score (nSPS) is 16.4. The molecule has 1 saturated heterocycles. The highest BCUT2D eigenvalue weighted by Gasteiger charge is 2.32. The van der Waals surface area contributed by atoms with Gasteiger partial charge in [-0.3, -0.25) is 4.79 Å². The molecule has 6 heteroatoms. The number of likely N-dealkylation sites (tertiary alicyclic amines) is 1. The number of methoxy groups -OCH3 is 1. The van der Waals surface area contributed by atoms with Gasteiger partial charge in [0, 0.05) is 12.1 Å². The number of halogens is 1. The molecule has 1 aliphatic heterocycles. The Kier molecular flexibility index (Phi) is 5.13. The van der Waals surface area contributed by atoms with Crippen molar-refractivity contribution in [3.05, 3.63) is 70.5 Å². The van der Waals surface area contributed by atoms with Crippen LogP contribution in [-0.2, 0) is 0 Å². The number of aryl methyl sites for hydroxylation is 1. The van der Waals surface area contributed by atoms with Gasteiger partial charge in [0.1, 0.15) is 21.5 Å². The lowest BCUT2D eigenvalue weighted by atomic mass is 10.0. The van der Waals surface area contributed by atoms with E-state index in [1.54, 1.807) is 19.2 Å². The fourth-order valence-corrected chi connectivity index (χ4v) is 4.65. The number of carbonyl (C=O) groups excluding carboxylic acids is 1. The highest BCUT2D eigenvalue weighted by molar-refractivity contribution is 7.17. The first-order chi connectivity index (χ1) is 13.6. The third kappa shape index (κ3) is 3.52. The molecule has 0 aliphatic carbocycles. The highest BCUT2D eigenvalue weighted by atomic mass is 32.1. The van der Waals surface area contributed by atoms with E-state index in [0.717, 1.165) is 47.0 Å². The van der Waals surface area contributed by atoms with Crippen molar-refractivity contribution in [2.45, 2.75) is 25.8 Å². The Hall–Kier alpha value is -2.73. The van der Waals surface area contributed by atoms with E-state index in [9.17, 15) is 9.18 Å². The summed E-state index contributed by atoms with van der Waals surface area (Å²) in [6.07, 6.45) is 1.92. The van der Waals surface area contributed by atoms with Crippen LogP contribution in [0, 0.1) is 12.7 Å². The minimum absolute atomic E-state index is 0.0154. The summed E-state index contributed by atoms with van der Waals surface area (Å²) in [5, 5.41) is 0.737. The van der Waals surface area contributed by atoms with Gasteiger partial charge in [-0.1, -0.05) is 12.1 Å². The molecule has 3 aromatic rings. The first-order valence-electron chi connectivity index (χ1n) is 9.25. The van der Waals surface area contributed by atoms with Crippen LogP contribution in [0.3, 0.4) is 0 Å². The maximum atomic E-state index is 13.3. The van der Waals surface area contributed by atoms with Gasteiger partial charge >= 0.3 is 0 Å². The predicted octanol–water partition coefficient (Wildman–Crippen LogP) is 5.24. The quantitative estimate of drug-likeness (QED) is 0.605. The van der Waals surface area contributed by atoms with E-state index in [2.05, 4.69) is 4.98 Å². The third-order valence-corrected chi connectivity index (χ3v) is 6.29. The van der Waals surface area contributed by atoms with Crippen molar-refractivity contribution in [3.63, 3.8) is 0 Å².